The Morgan fingerprint density at radius 3 is 2.33 bits per heavy atom. The molecular formula is C18H23F3IN5O2S. The largest absolute Gasteiger partial charge is 0.497 e. The number of alkyl halides is 3. The van der Waals surface area contributed by atoms with Gasteiger partial charge in [0.15, 0.2) is 11.7 Å². The van der Waals surface area contributed by atoms with E-state index in [1.54, 1.807) is 38.4 Å². The summed E-state index contributed by atoms with van der Waals surface area (Å²) in [6.07, 6.45) is -4.08. The number of guanidine groups is 1. The van der Waals surface area contributed by atoms with Crippen molar-refractivity contribution in [1.29, 1.82) is 0 Å². The van der Waals surface area contributed by atoms with Crippen LogP contribution in [-0.4, -0.2) is 50.6 Å². The normalized spacial score (nSPS) is 11.4. The summed E-state index contributed by atoms with van der Waals surface area (Å²) >= 11 is 0.974. The number of nitrogens with zero attached hydrogens (tertiary/aromatic N) is 2. The van der Waals surface area contributed by atoms with E-state index in [-0.39, 0.29) is 29.9 Å². The maximum atomic E-state index is 12.5. The van der Waals surface area contributed by atoms with Crippen molar-refractivity contribution in [2.45, 2.75) is 12.6 Å². The van der Waals surface area contributed by atoms with Gasteiger partial charge in [-0.1, -0.05) is 0 Å². The maximum absolute atomic E-state index is 12.5. The monoisotopic (exact) mass is 557 g/mol. The first-order valence-corrected chi connectivity index (χ1v) is 9.60. The SMILES string of the molecule is CN=C(NCCNC(=O)c1ccc(OC)cc1)NCCc1nc(C(F)(F)F)cs1.I. The lowest BCUT2D eigenvalue weighted by Gasteiger charge is -2.12. The molecule has 1 aromatic heterocycles. The predicted molar refractivity (Wildman–Crippen MR) is 121 cm³/mol. The van der Waals surface area contributed by atoms with Gasteiger partial charge in [0.05, 0.1) is 12.1 Å². The number of ether oxygens (including phenoxy) is 1. The Morgan fingerprint density at radius 1 is 1.13 bits per heavy atom. The van der Waals surface area contributed by atoms with Crippen LogP contribution in [0.4, 0.5) is 13.2 Å². The summed E-state index contributed by atoms with van der Waals surface area (Å²) in [6, 6.07) is 6.76. The van der Waals surface area contributed by atoms with E-state index < -0.39 is 11.9 Å². The smallest absolute Gasteiger partial charge is 0.434 e. The van der Waals surface area contributed by atoms with Gasteiger partial charge in [0.25, 0.3) is 5.91 Å². The van der Waals surface area contributed by atoms with E-state index >= 15 is 0 Å². The predicted octanol–water partition coefficient (Wildman–Crippen LogP) is 2.93. The first-order valence-electron chi connectivity index (χ1n) is 8.72. The molecule has 30 heavy (non-hydrogen) atoms. The van der Waals surface area contributed by atoms with Gasteiger partial charge in [-0.15, -0.1) is 35.3 Å². The van der Waals surface area contributed by atoms with E-state index in [0.717, 1.165) is 16.7 Å². The number of nitrogens with one attached hydrogen (secondary N) is 3. The summed E-state index contributed by atoms with van der Waals surface area (Å²) < 4.78 is 42.7. The maximum Gasteiger partial charge on any atom is 0.434 e. The third kappa shape index (κ3) is 8.34. The Balaban J connectivity index is 0.00000450. The van der Waals surface area contributed by atoms with Gasteiger partial charge in [0.1, 0.15) is 5.75 Å². The Kier molecular flexibility index (Phi) is 10.9. The number of carbonyl (C=O) groups excluding carboxylic acids is 1. The lowest BCUT2D eigenvalue weighted by Crippen LogP contribution is -2.42. The highest BCUT2D eigenvalue weighted by molar-refractivity contribution is 14.0. The van der Waals surface area contributed by atoms with E-state index in [9.17, 15) is 18.0 Å². The molecule has 3 N–H and O–H groups in total. The van der Waals surface area contributed by atoms with Crippen LogP contribution < -0.4 is 20.7 Å². The first kappa shape index (κ1) is 25.9. The third-order valence-corrected chi connectivity index (χ3v) is 4.66. The van der Waals surface area contributed by atoms with Gasteiger partial charge in [0, 0.05) is 44.0 Å². The van der Waals surface area contributed by atoms with Gasteiger partial charge < -0.3 is 20.7 Å². The molecular weight excluding hydrogens is 534 g/mol. The lowest BCUT2D eigenvalue weighted by atomic mass is 10.2. The summed E-state index contributed by atoms with van der Waals surface area (Å²) in [6.45, 7) is 1.17. The average Bonchev–Trinajstić information content (AvgIpc) is 3.19. The molecule has 1 heterocycles. The van der Waals surface area contributed by atoms with E-state index in [1.165, 1.54) is 0 Å². The molecule has 0 bridgehead atoms. The first-order chi connectivity index (χ1) is 13.8. The van der Waals surface area contributed by atoms with Crippen LogP contribution in [0.1, 0.15) is 21.1 Å². The van der Waals surface area contributed by atoms with Crippen LogP contribution in [0.2, 0.25) is 0 Å². The number of amides is 1. The number of hydrogen-bond donors (Lipinski definition) is 3. The number of carbonyl (C=O) groups is 1. The quantitative estimate of drug-likeness (QED) is 0.201. The second kappa shape index (κ2) is 12.6. The van der Waals surface area contributed by atoms with Gasteiger partial charge in [-0.2, -0.15) is 13.2 Å². The number of aliphatic imine (C=N–C) groups is 1. The van der Waals surface area contributed by atoms with Crippen molar-refractivity contribution in [2.24, 2.45) is 4.99 Å². The molecule has 12 heteroatoms. The topological polar surface area (TPSA) is 87.6 Å². The molecule has 0 radical (unpaired) electrons. The molecule has 7 nitrogen and oxygen atoms in total. The van der Waals surface area contributed by atoms with Gasteiger partial charge >= 0.3 is 6.18 Å². The fourth-order valence-corrected chi connectivity index (χ4v) is 3.07. The van der Waals surface area contributed by atoms with Crippen molar-refractivity contribution in [2.75, 3.05) is 33.8 Å². The second-order valence-electron chi connectivity index (χ2n) is 5.78. The molecule has 0 fully saturated rings. The number of rotatable bonds is 8. The number of halogens is 4. The third-order valence-electron chi connectivity index (χ3n) is 3.75. The standard InChI is InChI=1S/C18H22F3N5O2S.HI/c1-22-17(24-8-7-15-26-14(11-29-15)18(19,20)21)25-10-9-23-16(27)12-3-5-13(28-2)6-4-12;/h3-6,11H,7-10H2,1-2H3,(H,23,27)(H2,22,24,25);1H. The lowest BCUT2D eigenvalue weighted by molar-refractivity contribution is -0.140. The van der Waals surface area contributed by atoms with Crippen molar-refractivity contribution in [3.63, 3.8) is 0 Å². The summed E-state index contributed by atoms with van der Waals surface area (Å²) in [5, 5.41) is 10.2. The number of aromatic nitrogens is 1. The molecule has 0 spiro atoms. The molecule has 1 aromatic carbocycles. The molecule has 0 aliphatic heterocycles. The number of methoxy groups -OCH3 is 1. The van der Waals surface area contributed by atoms with Crippen LogP contribution in [0.25, 0.3) is 0 Å². The van der Waals surface area contributed by atoms with Crippen molar-refractivity contribution >= 4 is 47.2 Å². The highest BCUT2D eigenvalue weighted by Gasteiger charge is 2.33. The molecule has 0 saturated carbocycles. The van der Waals surface area contributed by atoms with Gasteiger partial charge in [-0.05, 0) is 24.3 Å². The van der Waals surface area contributed by atoms with Crippen LogP contribution in [0.3, 0.4) is 0 Å². The Hall–Kier alpha value is -2.09. The Bertz CT molecular complexity index is 828. The fourth-order valence-electron chi connectivity index (χ4n) is 2.27. The van der Waals surface area contributed by atoms with Crippen molar-refractivity contribution < 1.29 is 22.7 Å². The molecule has 0 aliphatic rings. The molecule has 166 valence electrons. The minimum Gasteiger partial charge on any atom is -0.497 e. The number of hydrogen-bond acceptors (Lipinski definition) is 5. The molecule has 0 aliphatic carbocycles. The van der Waals surface area contributed by atoms with E-state index in [1.807, 2.05) is 0 Å². The van der Waals surface area contributed by atoms with Crippen LogP contribution in [-0.2, 0) is 12.6 Å². The molecule has 2 rings (SSSR count). The number of thiazole rings is 1. The zero-order valence-electron chi connectivity index (χ0n) is 16.4. The molecule has 0 atom stereocenters. The van der Waals surface area contributed by atoms with E-state index in [0.29, 0.717) is 48.3 Å². The molecule has 0 saturated heterocycles. The second-order valence-corrected chi connectivity index (χ2v) is 6.73. The van der Waals surface area contributed by atoms with Crippen molar-refractivity contribution in [3.05, 3.63) is 45.9 Å². The summed E-state index contributed by atoms with van der Waals surface area (Å²) in [5.41, 5.74) is -0.345. The van der Waals surface area contributed by atoms with Gasteiger partial charge in [-0.25, -0.2) is 4.98 Å². The molecule has 1 amide bonds. The van der Waals surface area contributed by atoms with Crippen molar-refractivity contribution in [1.82, 2.24) is 20.9 Å². The zero-order valence-corrected chi connectivity index (χ0v) is 19.5. The fraction of sp³-hybridized carbons (Fsp3) is 0.389. The average molecular weight is 557 g/mol. The highest BCUT2D eigenvalue weighted by atomic mass is 127. The molecule has 2 aromatic rings. The Morgan fingerprint density at radius 2 is 1.77 bits per heavy atom. The summed E-state index contributed by atoms with van der Waals surface area (Å²) in [4.78, 5) is 19.7. The van der Waals surface area contributed by atoms with Crippen LogP contribution in [0.15, 0.2) is 34.6 Å². The van der Waals surface area contributed by atoms with E-state index in [4.69, 9.17) is 4.74 Å². The minimum atomic E-state index is -4.42. The van der Waals surface area contributed by atoms with Crippen LogP contribution >= 0.6 is 35.3 Å². The van der Waals surface area contributed by atoms with Crippen LogP contribution in [0.5, 0.6) is 5.75 Å². The van der Waals surface area contributed by atoms with Crippen molar-refractivity contribution in [3.8, 4) is 5.75 Å². The minimum absolute atomic E-state index is 0. The summed E-state index contributed by atoms with van der Waals surface area (Å²) in [5.74, 6) is 0.948. The highest BCUT2D eigenvalue weighted by Crippen LogP contribution is 2.29. The molecule has 0 unspecified atom stereocenters. The Labute approximate surface area is 193 Å². The zero-order chi connectivity index (χ0) is 21.3. The van der Waals surface area contributed by atoms with E-state index in [2.05, 4.69) is 25.9 Å². The van der Waals surface area contributed by atoms with Gasteiger partial charge in [0.2, 0.25) is 0 Å². The number of benzene rings is 1. The van der Waals surface area contributed by atoms with Gasteiger partial charge in [-0.3, -0.25) is 9.79 Å². The summed E-state index contributed by atoms with van der Waals surface area (Å²) in [7, 11) is 3.13. The van der Waals surface area contributed by atoms with Crippen LogP contribution in [0, 0.1) is 0 Å².